The van der Waals surface area contributed by atoms with Crippen LogP contribution >= 0.6 is 0 Å². The fourth-order valence-corrected chi connectivity index (χ4v) is 3.96. The molecule has 146 valence electrons. The van der Waals surface area contributed by atoms with E-state index in [0.29, 0.717) is 22.4 Å². The van der Waals surface area contributed by atoms with Crippen LogP contribution in [-0.2, 0) is 13.4 Å². The van der Waals surface area contributed by atoms with Crippen LogP contribution in [0.4, 0.5) is 5.69 Å². The van der Waals surface area contributed by atoms with E-state index in [-0.39, 0.29) is 6.17 Å². The van der Waals surface area contributed by atoms with Gasteiger partial charge in [-0.3, -0.25) is 0 Å². The van der Waals surface area contributed by atoms with E-state index >= 15 is 0 Å². The molecule has 0 aliphatic carbocycles. The number of nitrogens with zero attached hydrogens (tertiary/aromatic N) is 2. The highest BCUT2D eigenvalue weighted by atomic mass is 16.3. The summed E-state index contributed by atoms with van der Waals surface area (Å²) in [5.74, 6) is 0. The third-order valence-corrected chi connectivity index (χ3v) is 5.09. The Hall–Kier alpha value is -3.12. The number of benzene rings is 2. The average Bonchev–Trinajstić information content (AvgIpc) is 3.08. The van der Waals surface area contributed by atoms with Crippen LogP contribution in [0, 0.1) is 25.8 Å². The van der Waals surface area contributed by atoms with Crippen molar-refractivity contribution in [1.82, 2.24) is 0 Å². The topological polar surface area (TPSA) is 21.4 Å². The van der Waals surface area contributed by atoms with Crippen LogP contribution in [0.25, 0.3) is 38.0 Å². The van der Waals surface area contributed by atoms with Crippen LogP contribution in [0.5, 0.6) is 0 Å². The van der Waals surface area contributed by atoms with Gasteiger partial charge in [0.1, 0.15) is 19.6 Å². The Bertz CT molecular complexity index is 1440. The molecule has 0 saturated carbocycles. The van der Waals surface area contributed by atoms with Crippen molar-refractivity contribution in [3.8, 4) is 11.3 Å². The fraction of sp³-hybridized carbons (Fsp3) is 0.308. The lowest BCUT2D eigenvalue weighted by Gasteiger charge is -2.18. The van der Waals surface area contributed by atoms with E-state index in [9.17, 15) is 0 Å². The Kier molecular flexibility index (Phi) is 3.66. The molecule has 4 rings (SSSR count). The molecule has 0 N–H and O–H groups in total. The van der Waals surface area contributed by atoms with Crippen molar-refractivity contribution in [1.29, 1.82) is 0 Å². The molecule has 29 heavy (non-hydrogen) atoms. The highest BCUT2D eigenvalue weighted by Gasteiger charge is 2.23. The number of rotatable bonds is 2. The minimum Gasteiger partial charge on any atom is -0.455 e. The summed E-state index contributed by atoms with van der Waals surface area (Å²) < 4.78 is 34.1. The molecule has 0 bridgehead atoms. The number of aromatic nitrogens is 1. The first-order valence-corrected chi connectivity index (χ1v) is 9.72. The average molecular weight is 387 g/mol. The van der Waals surface area contributed by atoms with Crippen molar-refractivity contribution in [3.63, 3.8) is 0 Å². The maximum Gasteiger partial charge on any atom is 0.216 e. The van der Waals surface area contributed by atoms with Crippen LogP contribution in [0.15, 0.2) is 47.0 Å². The number of pyridine rings is 1. The number of hydrogen-bond donors (Lipinski definition) is 0. The molecule has 2 heterocycles. The Morgan fingerprint density at radius 1 is 1.14 bits per heavy atom. The Morgan fingerprint density at radius 2 is 1.90 bits per heavy atom. The van der Waals surface area contributed by atoms with Gasteiger partial charge in [-0.2, -0.15) is 0 Å². The molecule has 0 spiro atoms. The van der Waals surface area contributed by atoms with Crippen LogP contribution in [-0.4, -0.2) is 0 Å². The molecule has 3 nitrogen and oxygen atoms in total. The zero-order valence-corrected chi connectivity index (χ0v) is 17.8. The van der Waals surface area contributed by atoms with Gasteiger partial charge < -0.3 is 4.42 Å². The van der Waals surface area contributed by atoms with Crippen molar-refractivity contribution < 1.29 is 13.1 Å². The van der Waals surface area contributed by atoms with E-state index in [1.807, 2.05) is 59.9 Å². The largest absolute Gasteiger partial charge is 0.455 e. The normalized spacial score (nSPS) is 13.9. The Morgan fingerprint density at radius 3 is 2.59 bits per heavy atom. The number of hydrogen-bond acceptors (Lipinski definition) is 1. The van der Waals surface area contributed by atoms with E-state index in [1.165, 1.54) is 0 Å². The van der Waals surface area contributed by atoms with Crippen LogP contribution in [0.1, 0.15) is 41.6 Å². The van der Waals surface area contributed by atoms with Crippen LogP contribution in [0.3, 0.4) is 0 Å². The first kappa shape index (κ1) is 15.8. The third-order valence-electron chi connectivity index (χ3n) is 5.09. The molecule has 4 aromatic rings. The molecule has 0 aliphatic heterocycles. The van der Waals surface area contributed by atoms with E-state index in [1.54, 1.807) is 16.7 Å². The van der Waals surface area contributed by atoms with Gasteiger partial charge in [0.2, 0.25) is 5.69 Å². The predicted molar refractivity (Wildman–Crippen MR) is 119 cm³/mol. The minimum absolute atomic E-state index is 0.227. The van der Waals surface area contributed by atoms with Crippen molar-refractivity contribution in [2.75, 3.05) is 0 Å². The molecular weight excluding hydrogens is 356 g/mol. The Labute approximate surface area is 176 Å². The molecule has 0 aliphatic rings. The SMILES string of the molecule is [2H]c1cc(C([2H])([2H])C(C)(C)C)cc(-c2c(C)cc(C)c3c2oc2ccc([N+]#[C-])cc23)[n+]1C. The van der Waals surface area contributed by atoms with Crippen LogP contribution in [0.2, 0.25) is 0 Å². The second-order valence-electron chi connectivity index (χ2n) is 8.68. The number of fused-ring (bicyclic) bond motifs is 3. The summed E-state index contributed by atoms with van der Waals surface area (Å²) in [6, 6.07) is 11.0. The molecule has 3 heteroatoms. The molecular formula is C26H27N2O+. The Balaban J connectivity index is 2.12. The quantitative estimate of drug-likeness (QED) is 0.273. The summed E-state index contributed by atoms with van der Waals surface area (Å²) >= 11 is 0. The van der Waals surface area contributed by atoms with E-state index in [0.717, 1.165) is 33.2 Å². The van der Waals surface area contributed by atoms with Gasteiger partial charge in [-0.15, -0.1) is 0 Å². The molecule has 2 aromatic carbocycles. The highest BCUT2D eigenvalue weighted by Crippen LogP contribution is 2.40. The standard InChI is InChI=1S/C26H27N2O/c1-16-12-17(2)24(21-13-18(10-11-28(21)7)15-26(3,4)5)25-23(16)20-14-19(27-6)8-9-22(20)29-25/h8-14H,15H2,1-5,7H3/q+1/i11D,15D2. The molecule has 0 radical (unpaired) electrons. The van der Waals surface area contributed by atoms with Crippen molar-refractivity contribution in [3.05, 3.63) is 70.7 Å². The minimum atomic E-state index is -1.62. The lowest BCUT2D eigenvalue weighted by molar-refractivity contribution is -0.660. The van der Waals surface area contributed by atoms with Crippen molar-refractivity contribution in [2.45, 2.75) is 41.0 Å². The summed E-state index contributed by atoms with van der Waals surface area (Å²) in [6.45, 7) is 17.0. The van der Waals surface area contributed by atoms with Gasteiger partial charge in [-0.05, 0) is 54.5 Å². The molecule has 0 saturated heterocycles. The first-order valence-electron chi connectivity index (χ1n) is 11.2. The monoisotopic (exact) mass is 386 g/mol. The summed E-state index contributed by atoms with van der Waals surface area (Å²) in [7, 11) is 1.82. The van der Waals surface area contributed by atoms with Crippen molar-refractivity contribution >= 4 is 27.6 Å². The highest BCUT2D eigenvalue weighted by molar-refractivity contribution is 6.12. The zero-order chi connectivity index (χ0) is 23.6. The van der Waals surface area contributed by atoms with E-state index in [4.69, 9.17) is 15.1 Å². The molecule has 0 atom stereocenters. The molecule has 0 fully saturated rings. The lowest BCUT2D eigenvalue weighted by Crippen LogP contribution is -2.31. The zero-order valence-electron chi connectivity index (χ0n) is 20.8. The summed E-state index contributed by atoms with van der Waals surface area (Å²) in [5.41, 5.74) is 5.41. The molecule has 0 unspecified atom stereocenters. The maximum absolute atomic E-state index is 8.75. The van der Waals surface area contributed by atoms with Gasteiger partial charge in [0.15, 0.2) is 11.9 Å². The third kappa shape index (κ3) is 3.40. The lowest BCUT2D eigenvalue weighted by atomic mass is 9.87. The molecule has 2 aromatic heterocycles. The smallest absolute Gasteiger partial charge is 0.216 e. The number of furan rings is 1. The number of aryl methyl sites for hydroxylation is 2. The van der Waals surface area contributed by atoms with E-state index < -0.39 is 11.8 Å². The van der Waals surface area contributed by atoms with Crippen molar-refractivity contribution in [2.24, 2.45) is 12.5 Å². The summed E-state index contributed by atoms with van der Waals surface area (Å²) in [4.78, 5) is 3.56. The second kappa shape index (κ2) is 6.74. The van der Waals surface area contributed by atoms with Gasteiger partial charge in [0.25, 0.3) is 0 Å². The van der Waals surface area contributed by atoms with Gasteiger partial charge >= 0.3 is 0 Å². The summed E-state index contributed by atoms with van der Waals surface area (Å²) in [6.07, 6.45) is -1.40. The summed E-state index contributed by atoms with van der Waals surface area (Å²) in [5, 5.41) is 1.84. The van der Waals surface area contributed by atoms with Gasteiger partial charge in [-0.1, -0.05) is 32.9 Å². The first-order chi connectivity index (χ1) is 14.9. The van der Waals surface area contributed by atoms with E-state index in [2.05, 4.69) is 10.9 Å². The van der Waals surface area contributed by atoms with Gasteiger partial charge in [0.05, 0.1) is 12.1 Å². The van der Waals surface area contributed by atoms with Gasteiger partial charge in [-0.25, -0.2) is 9.41 Å². The predicted octanol–water partition coefficient (Wildman–Crippen LogP) is 6.83. The van der Waals surface area contributed by atoms with Crippen LogP contribution < -0.4 is 4.57 Å². The van der Waals surface area contributed by atoms with Gasteiger partial charge in [0, 0.05) is 25.6 Å². The molecule has 0 amide bonds. The maximum atomic E-state index is 8.75. The second-order valence-corrected chi connectivity index (χ2v) is 8.68. The fourth-order valence-electron chi connectivity index (χ4n) is 3.96.